The number of aromatic nitrogens is 3. The molecule has 0 aromatic carbocycles. The largest absolute Gasteiger partial charge is 0.464 e. The standard InChI is InChI=1S/C13H25N5OS/c1-6-10(9-20-5)18(4)12-15-11(14-7-2)16-13(17-12)19-8-3/h10H,6-9H2,1-5H3,(H,14,15,16,17). The molecule has 0 bridgehead atoms. The van der Waals surface area contributed by atoms with E-state index in [4.69, 9.17) is 4.74 Å². The Kier molecular flexibility index (Phi) is 7.43. The van der Waals surface area contributed by atoms with Crippen LogP contribution in [-0.4, -0.2) is 53.2 Å². The molecule has 0 fully saturated rings. The molecular weight excluding hydrogens is 274 g/mol. The molecule has 7 heteroatoms. The Labute approximate surface area is 125 Å². The summed E-state index contributed by atoms with van der Waals surface area (Å²) in [5.74, 6) is 2.26. The molecule has 20 heavy (non-hydrogen) atoms. The molecule has 0 saturated heterocycles. The molecule has 114 valence electrons. The third-order valence-corrected chi connectivity index (χ3v) is 3.62. The van der Waals surface area contributed by atoms with Crippen LogP contribution in [0, 0.1) is 0 Å². The Morgan fingerprint density at radius 1 is 1.25 bits per heavy atom. The number of rotatable bonds is 9. The second-order valence-corrected chi connectivity index (χ2v) is 5.24. The highest BCUT2D eigenvalue weighted by molar-refractivity contribution is 7.98. The number of hydrogen-bond acceptors (Lipinski definition) is 7. The van der Waals surface area contributed by atoms with Gasteiger partial charge in [-0.25, -0.2) is 0 Å². The highest BCUT2D eigenvalue weighted by Gasteiger charge is 2.17. The third kappa shape index (κ3) is 4.70. The van der Waals surface area contributed by atoms with E-state index in [1.54, 1.807) is 0 Å². The van der Waals surface area contributed by atoms with Crippen molar-refractivity contribution >= 4 is 23.7 Å². The second-order valence-electron chi connectivity index (χ2n) is 4.33. The van der Waals surface area contributed by atoms with Crippen LogP contribution in [0.5, 0.6) is 6.01 Å². The van der Waals surface area contributed by atoms with Crippen molar-refractivity contribution in [1.82, 2.24) is 15.0 Å². The van der Waals surface area contributed by atoms with E-state index in [-0.39, 0.29) is 0 Å². The molecule has 1 N–H and O–H groups in total. The Morgan fingerprint density at radius 3 is 2.55 bits per heavy atom. The van der Waals surface area contributed by atoms with Gasteiger partial charge in [-0.05, 0) is 26.5 Å². The molecule has 6 nitrogen and oxygen atoms in total. The van der Waals surface area contributed by atoms with Crippen LogP contribution in [0.25, 0.3) is 0 Å². The molecule has 1 aromatic rings. The summed E-state index contributed by atoms with van der Waals surface area (Å²) < 4.78 is 5.42. The number of anilines is 2. The van der Waals surface area contributed by atoms with Crippen molar-refractivity contribution in [2.24, 2.45) is 0 Å². The van der Waals surface area contributed by atoms with Gasteiger partial charge in [0, 0.05) is 25.4 Å². The third-order valence-electron chi connectivity index (χ3n) is 2.90. The fraction of sp³-hybridized carbons (Fsp3) is 0.769. The first kappa shape index (κ1) is 16.8. The smallest absolute Gasteiger partial charge is 0.323 e. The van der Waals surface area contributed by atoms with Crippen molar-refractivity contribution in [2.45, 2.75) is 33.2 Å². The van der Waals surface area contributed by atoms with Crippen molar-refractivity contribution in [3.8, 4) is 6.01 Å². The Bertz CT molecular complexity index is 380. The first-order valence-electron chi connectivity index (χ1n) is 7.00. The zero-order chi connectivity index (χ0) is 15.0. The molecule has 0 aliphatic carbocycles. The Hall–Kier alpha value is -1.24. The average molecular weight is 299 g/mol. The summed E-state index contributed by atoms with van der Waals surface area (Å²) in [6, 6.07) is 0.774. The van der Waals surface area contributed by atoms with Crippen LogP contribution in [0.4, 0.5) is 11.9 Å². The first-order valence-corrected chi connectivity index (χ1v) is 8.40. The lowest BCUT2D eigenvalue weighted by atomic mass is 10.2. The van der Waals surface area contributed by atoms with E-state index in [2.05, 4.69) is 38.3 Å². The molecule has 0 radical (unpaired) electrons. The molecule has 1 unspecified atom stereocenters. The van der Waals surface area contributed by atoms with E-state index in [1.165, 1.54) is 0 Å². The van der Waals surface area contributed by atoms with Crippen molar-refractivity contribution in [3.05, 3.63) is 0 Å². The minimum absolute atomic E-state index is 0.374. The SMILES string of the molecule is CCNc1nc(OCC)nc(N(C)C(CC)CSC)n1. The van der Waals surface area contributed by atoms with E-state index in [0.29, 0.717) is 30.6 Å². The van der Waals surface area contributed by atoms with Gasteiger partial charge in [0.05, 0.1) is 6.61 Å². The van der Waals surface area contributed by atoms with Crippen LogP contribution < -0.4 is 15.0 Å². The molecule has 1 rings (SSSR count). The normalized spacial score (nSPS) is 12.1. The van der Waals surface area contributed by atoms with Gasteiger partial charge in [-0.2, -0.15) is 26.7 Å². The molecule has 1 atom stereocenters. The molecular formula is C13H25N5OS. The monoisotopic (exact) mass is 299 g/mol. The van der Waals surface area contributed by atoms with Crippen molar-refractivity contribution in [1.29, 1.82) is 0 Å². The van der Waals surface area contributed by atoms with Crippen LogP contribution in [0.15, 0.2) is 0 Å². The predicted molar refractivity (Wildman–Crippen MR) is 86.0 cm³/mol. The molecule has 1 heterocycles. The van der Waals surface area contributed by atoms with Gasteiger partial charge in [0.15, 0.2) is 0 Å². The van der Waals surface area contributed by atoms with E-state index < -0.39 is 0 Å². The van der Waals surface area contributed by atoms with Gasteiger partial charge in [0.2, 0.25) is 11.9 Å². The van der Waals surface area contributed by atoms with Crippen LogP contribution >= 0.6 is 11.8 Å². The summed E-state index contributed by atoms with van der Waals surface area (Å²) in [7, 11) is 2.02. The second kappa shape index (κ2) is 8.84. The maximum atomic E-state index is 5.42. The minimum Gasteiger partial charge on any atom is -0.464 e. The van der Waals surface area contributed by atoms with Crippen molar-refractivity contribution in [3.63, 3.8) is 0 Å². The Balaban J connectivity index is 3.01. The van der Waals surface area contributed by atoms with Crippen LogP contribution in [0.1, 0.15) is 27.2 Å². The maximum Gasteiger partial charge on any atom is 0.323 e. The Morgan fingerprint density at radius 2 is 2.00 bits per heavy atom. The fourth-order valence-electron chi connectivity index (χ4n) is 1.79. The van der Waals surface area contributed by atoms with Gasteiger partial charge in [-0.3, -0.25) is 0 Å². The summed E-state index contributed by atoms with van der Waals surface area (Å²) in [6.45, 7) is 7.41. The minimum atomic E-state index is 0.374. The average Bonchev–Trinajstić information content (AvgIpc) is 2.44. The van der Waals surface area contributed by atoms with Crippen LogP contribution in [0.3, 0.4) is 0 Å². The summed E-state index contributed by atoms with van der Waals surface area (Å²) in [4.78, 5) is 15.2. The highest BCUT2D eigenvalue weighted by atomic mass is 32.2. The van der Waals surface area contributed by atoms with Gasteiger partial charge in [-0.15, -0.1) is 0 Å². The topological polar surface area (TPSA) is 63.2 Å². The van der Waals surface area contributed by atoms with Gasteiger partial charge in [-0.1, -0.05) is 6.92 Å². The van der Waals surface area contributed by atoms with E-state index >= 15 is 0 Å². The lowest BCUT2D eigenvalue weighted by Gasteiger charge is -2.27. The number of hydrogen-bond donors (Lipinski definition) is 1. The van der Waals surface area contributed by atoms with Crippen molar-refractivity contribution < 1.29 is 4.74 Å². The predicted octanol–water partition coefficient (Wildman–Crippen LogP) is 2.28. The molecule has 0 spiro atoms. The first-order chi connectivity index (χ1) is 9.65. The number of ether oxygens (including phenoxy) is 1. The lowest BCUT2D eigenvalue weighted by Crippen LogP contribution is -2.34. The maximum absolute atomic E-state index is 5.42. The summed E-state index contributed by atoms with van der Waals surface area (Å²) in [5.41, 5.74) is 0. The van der Waals surface area contributed by atoms with Gasteiger partial charge >= 0.3 is 6.01 Å². The van der Waals surface area contributed by atoms with E-state index in [9.17, 15) is 0 Å². The fourth-order valence-corrected chi connectivity index (χ4v) is 2.64. The van der Waals surface area contributed by atoms with Gasteiger partial charge in [0.25, 0.3) is 0 Å². The van der Waals surface area contributed by atoms with Gasteiger partial charge < -0.3 is 15.0 Å². The summed E-state index contributed by atoms with van der Waals surface area (Å²) in [6.07, 6.45) is 3.16. The lowest BCUT2D eigenvalue weighted by molar-refractivity contribution is 0.312. The molecule has 0 amide bonds. The van der Waals surface area contributed by atoms with E-state index in [0.717, 1.165) is 18.7 Å². The summed E-state index contributed by atoms with van der Waals surface area (Å²) >= 11 is 1.83. The van der Waals surface area contributed by atoms with Crippen LogP contribution in [0.2, 0.25) is 0 Å². The molecule has 0 saturated carbocycles. The number of nitrogens with one attached hydrogen (secondary N) is 1. The van der Waals surface area contributed by atoms with Gasteiger partial charge in [0.1, 0.15) is 0 Å². The van der Waals surface area contributed by atoms with Crippen LogP contribution in [-0.2, 0) is 0 Å². The molecule has 1 aromatic heterocycles. The zero-order valence-electron chi connectivity index (χ0n) is 13.0. The molecule has 0 aliphatic rings. The van der Waals surface area contributed by atoms with E-state index in [1.807, 2.05) is 32.7 Å². The summed E-state index contributed by atoms with van der Waals surface area (Å²) in [5, 5.41) is 3.12. The molecule has 0 aliphatic heterocycles. The number of thioether (sulfide) groups is 1. The number of nitrogens with zero attached hydrogens (tertiary/aromatic N) is 4. The quantitative estimate of drug-likeness (QED) is 0.750. The highest BCUT2D eigenvalue weighted by Crippen LogP contribution is 2.18. The van der Waals surface area contributed by atoms with Crippen molar-refractivity contribution in [2.75, 3.05) is 42.4 Å². The zero-order valence-corrected chi connectivity index (χ0v) is 13.8.